The van der Waals surface area contributed by atoms with Crippen LogP contribution < -0.4 is 0 Å². The van der Waals surface area contributed by atoms with Gasteiger partial charge >= 0.3 is 0 Å². The zero-order valence-corrected chi connectivity index (χ0v) is 8.73. The van der Waals surface area contributed by atoms with Crippen molar-refractivity contribution < 1.29 is 5.11 Å². The van der Waals surface area contributed by atoms with Gasteiger partial charge in [-0.1, -0.05) is 18.1 Å². The van der Waals surface area contributed by atoms with Crippen molar-refractivity contribution in [3.05, 3.63) is 11.6 Å². The van der Waals surface area contributed by atoms with Crippen LogP contribution >= 0.6 is 11.8 Å². The van der Waals surface area contributed by atoms with E-state index in [0.29, 0.717) is 5.25 Å². The summed E-state index contributed by atoms with van der Waals surface area (Å²) >= 11 is 1.92. The zero-order chi connectivity index (χ0) is 8.97. The molecule has 2 atom stereocenters. The van der Waals surface area contributed by atoms with Crippen molar-refractivity contribution in [3.63, 3.8) is 0 Å². The molecule has 1 nitrogen and oxygen atoms in total. The number of aliphatic hydroxyl groups excluding tert-OH is 1. The summed E-state index contributed by atoms with van der Waals surface area (Å²) in [4.78, 5) is 0. The highest BCUT2D eigenvalue weighted by Crippen LogP contribution is 2.28. The molecule has 0 aliphatic carbocycles. The molecule has 1 aliphatic rings. The van der Waals surface area contributed by atoms with E-state index in [1.165, 1.54) is 30.6 Å². The summed E-state index contributed by atoms with van der Waals surface area (Å²) in [5.41, 5.74) is 1.22. The molecule has 70 valence electrons. The second-order valence-corrected chi connectivity index (χ2v) is 4.99. The Labute approximate surface area is 79.2 Å². The van der Waals surface area contributed by atoms with Gasteiger partial charge in [-0.2, -0.15) is 11.8 Å². The van der Waals surface area contributed by atoms with Crippen LogP contribution in [-0.2, 0) is 0 Å². The topological polar surface area (TPSA) is 20.2 Å². The molecule has 0 bridgehead atoms. The van der Waals surface area contributed by atoms with Crippen LogP contribution in [0.5, 0.6) is 0 Å². The third kappa shape index (κ3) is 3.20. The highest BCUT2D eigenvalue weighted by atomic mass is 32.2. The predicted molar refractivity (Wildman–Crippen MR) is 55.5 cm³/mol. The number of thioether (sulfide) groups is 1. The highest BCUT2D eigenvalue weighted by Gasteiger charge is 2.19. The Bertz CT molecular complexity index is 155. The lowest BCUT2D eigenvalue weighted by Gasteiger charge is -2.24. The van der Waals surface area contributed by atoms with Crippen molar-refractivity contribution in [2.75, 3.05) is 5.75 Å². The Balaban J connectivity index is 2.39. The molecule has 0 aromatic rings. The summed E-state index contributed by atoms with van der Waals surface area (Å²) in [6, 6.07) is 0. The molecule has 0 saturated carbocycles. The fourth-order valence-corrected chi connectivity index (χ4v) is 2.77. The molecular formula is C10H18OS. The second-order valence-electron chi connectivity index (χ2n) is 3.64. The second kappa shape index (κ2) is 4.93. The molecule has 1 saturated heterocycles. The quantitative estimate of drug-likeness (QED) is 0.669. The third-order valence-electron chi connectivity index (χ3n) is 2.10. The van der Waals surface area contributed by atoms with Crippen LogP contribution in [0.4, 0.5) is 0 Å². The summed E-state index contributed by atoms with van der Waals surface area (Å²) in [6.45, 7) is 4.08. The normalized spacial score (nSPS) is 26.4. The number of rotatable bonds is 2. The number of allylic oxidation sites excluding steroid dienone is 1. The summed E-state index contributed by atoms with van der Waals surface area (Å²) in [5, 5.41) is 10.2. The standard InChI is InChI=1S/C10H18OS/c1-8(2)7-9(11)10-5-3-4-6-12-10/h7,9-11H,3-6H2,1-2H3. The molecule has 2 unspecified atom stereocenters. The molecule has 0 amide bonds. The molecule has 12 heavy (non-hydrogen) atoms. The van der Waals surface area contributed by atoms with Gasteiger partial charge < -0.3 is 5.11 Å². The minimum atomic E-state index is -0.222. The zero-order valence-electron chi connectivity index (χ0n) is 7.92. The molecule has 2 heteroatoms. The minimum Gasteiger partial charge on any atom is -0.388 e. The summed E-state index contributed by atoms with van der Waals surface area (Å²) in [7, 11) is 0. The lowest BCUT2D eigenvalue weighted by Crippen LogP contribution is -2.24. The van der Waals surface area contributed by atoms with Gasteiger partial charge in [-0.15, -0.1) is 0 Å². The molecule has 0 aromatic heterocycles. The number of hydrogen-bond acceptors (Lipinski definition) is 2. The average Bonchev–Trinajstić information content (AvgIpc) is 2.05. The van der Waals surface area contributed by atoms with Gasteiger partial charge in [0.05, 0.1) is 6.10 Å². The first-order valence-corrected chi connectivity index (χ1v) is 5.69. The fourth-order valence-electron chi connectivity index (χ4n) is 1.48. The SMILES string of the molecule is CC(C)=CC(O)C1CCCCS1. The molecule has 1 heterocycles. The van der Waals surface area contributed by atoms with Crippen LogP contribution in [0.2, 0.25) is 0 Å². The predicted octanol–water partition coefficient (Wildman–Crippen LogP) is 2.60. The lowest BCUT2D eigenvalue weighted by atomic mass is 10.1. The van der Waals surface area contributed by atoms with Gasteiger partial charge in [-0.25, -0.2) is 0 Å². The molecule has 1 fully saturated rings. The third-order valence-corrected chi connectivity index (χ3v) is 3.57. The van der Waals surface area contributed by atoms with Gasteiger partial charge in [0.25, 0.3) is 0 Å². The van der Waals surface area contributed by atoms with Gasteiger partial charge in [0, 0.05) is 5.25 Å². The van der Waals surface area contributed by atoms with E-state index in [2.05, 4.69) is 0 Å². The minimum absolute atomic E-state index is 0.222. The van der Waals surface area contributed by atoms with Crippen molar-refractivity contribution in [2.45, 2.75) is 44.5 Å². The van der Waals surface area contributed by atoms with E-state index in [0.717, 1.165) is 0 Å². The maximum absolute atomic E-state index is 9.75. The van der Waals surface area contributed by atoms with Crippen LogP contribution in [0.15, 0.2) is 11.6 Å². The Kier molecular flexibility index (Phi) is 4.16. The van der Waals surface area contributed by atoms with Crippen molar-refractivity contribution in [2.24, 2.45) is 0 Å². The van der Waals surface area contributed by atoms with Crippen molar-refractivity contribution in [1.29, 1.82) is 0 Å². The maximum Gasteiger partial charge on any atom is 0.0841 e. The molecule has 0 radical (unpaired) electrons. The first kappa shape index (κ1) is 10.1. The van der Waals surface area contributed by atoms with Crippen LogP contribution in [0, 0.1) is 0 Å². The van der Waals surface area contributed by atoms with E-state index >= 15 is 0 Å². The highest BCUT2D eigenvalue weighted by molar-refractivity contribution is 8.00. The molecule has 1 aliphatic heterocycles. The van der Waals surface area contributed by atoms with Crippen molar-refractivity contribution in [1.82, 2.24) is 0 Å². The molecule has 1 rings (SSSR count). The summed E-state index contributed by atoms with van der Waals surface area (Å²) in [6.07, 6.45) is 5.53. The van der Waals surface area contributed by atoms with E-state index in [1.54, 1.807) is 0 Å². The Morgan fingerprint density at radius 1 is 1.50 bits per heavy atom. The molecule has 0 spiro atoms. The van der Waals surface area contributed by atoms with Crippen LogP contribution in [0.25, 0.3) is 0 Å². The van der Waals surface area contributed by atoms with Crippen molar-refractivity contribution in [3.8, 4) is 0 Å². The Morgan fingerprint density at radius 2 is 2.25 bits per heavy atom. The largest absolute Gasteiger partial charge is 0.388 e. The summed E-state index contributed by atoms with van der Waals surface area (Å²) < 4.78 is 0. The van der Waals surface area contributed by atoms with E-state index in [9.17, 15) is 5.11 Å². The van der Waals surface area contributed by atoms with E-state index in [-0.39, 0.29) is 6.10 Å². The van der Waals surface area contributed by atoms with Crippen LogP contribution in [-0.4, -0.2) is 22.2 Å². The van der Waals surface area contributed by atoms with E-state index in [1.807, 2.05) is 31.7 Å². The van der Waals surface area contributed by atoms with Gasteiger partial charge in [0.1, 0.15) is 0 Å². The van der Waals surface area contributed by atoms with Crippen molar-refractivity contribution >= 4 is 11.8 Å². The maximum atomic E-state index is 9.75. The summed E-state index contributed by atoms with van der Waals surface area (Å²) in [5.74, 6) is 1.22. The fraction of sp³-hybridized carbons (Fsp3) is 0.800. The van der Waals surface area contributed by atoms with Gasteiger partial charge in [-0.3, -0.25) is 0 Å². The lowest BCUT2D eigenvalue weighted by molar-refractivity contribution is 0.212. The van der Waals surface area contributed by atoms with E-state index < -0.39 is 0 Å². The molecule has 1 N–H and O–H groups in total. The Hall–Kier alpha value is 0.0500. The monoisotopic (exact) mass is 186 g/mol. The average molecular weight is 186 g/mol. The van der Waals surface area contributed by atoms with Gasteiger partial charge in [0.2, 0.25) is 0 Å². The first-order valence-electron chi connectivity index (χ1n) is 4.65. The molecular weight excluding hydrogens is 168 g/mol. The molecule has 0 aromatic carbocycles. The van der Waals surface area contributed by atoms with Gasteiger partial charge in [0.15, 0.2) is 0 Å². The number of aliphatic hydroxyl groups is 1. The van der Waals surface area contributed by atoms with Crippen LogP contribution in [0.3, 0.4) is 0 Å². The van der Waals surface area contributed by atoms with Gasteiger partial charge in [-0.05, 0) is 32.4 Å². The van der Waals surface area contributed by atoms with Crippen LogP contribution in [0.1, 0.15) is 33.1 Å². The van der Waals surface area contributed by atoms with E-state index in [4.69, 9.17) is 0 Å². The first-order chi connectivity index (χ1) is 5.70. The smallest absolute Gasteiger partial charge is 0.0841 e. The Morgan fingerprint density at radius 3 is 2.75 bits per heavy atom. The number of hydrogen-bond donors (Lipinski definition) is 1.